The Morgan fingerprint density at radius 3 is 2.59 bits per heavy atom. The maximum atomic E-state index is 12.9. The summed E-state index contributed by atoms with van der Waals surface area (Å²) in [4.78, 5) is 24.2. The van der Waals surface area contributed by atoms with Crippen molar-refractivity contribution in [3.05, 3.63) is 58.3 Å². The molecular formula is C16H16FN3O2. The second-order valence-corrected chi connectivity index (χ2v) is 5.49. The molecule has 1 unspecified atom stereocenters. The molecule has 1 N–H and O–H groups in total. The summed E-state index contributed by atoms with van der Waals surface area (Å²) in [6, 6.07) is 7.89. The first-order valence-electron chi connectivity index (χ1n) is 7.21. The van der Waals surface area contributed by atoms with E-state index in [1.54, 1.807) is 13.0 Å². The topological polar surface area (TPSA) is 64.0 Å². The fourth-order valence-electron chi connectivity index (χ4n) is 2.21. The number of aromatic nitrogens is 2. The summed E-state index contributed by atoms with van der Waals surface area (Å²) >= 11 is 0. The van der Waals surface area contributed by atoms with Crippen LogP contribution in [-0.2, 0) is 4.79 Å². The van der Waals surface area contributed by atoms with Crippen LogP contribution in [0.1, 0.15) is 37.4 Å². The van der Waals surface area contributed by atoms with Gasteiger partial charge in [-0.3, -0.25) is 9.59 Å². The molecule has 1 fully saturated rings. The number of nitrogens with zero attached hydrogens (tertiary/aromatic N) is 2. The van der Waals surface area contributed by atoms with Gasteiger partial charge >= 0.3 is 0 Å². The highest BCUT2D eigenvalue weighted by atomic mass is 19.1. The Labute approximate surface area is 126 Å². The molecule has 1 heterocycles. The number of halogens is 1. The molecule has 2 aromatic rings. The number of hydrogen-bond acceptors (Lipinski definition) is 3. The third kappa shape index (κ3) is 3.05. The second kappa shape index (κ2) is 5.71. The van der Waals surface area contributed by atoms with Gasteiger partial charge in [0, 0.05) is 17.7 Å². The number of hydrogen-bond donors (Lipinski definition) is 1. The fraction of sp³-hybridized carbons (Fsp3) is 0.312. The highest BCUT2D eigenvalue weighted by molar-refractivity contribution is 5.93. The quantitative estimate of drug-likeness (QED) is 0.943. The minimum Gasteiger partial charge on any atom is -0.324 e. The summed E-state index contributed by atoms with van der Waals surface area (Å²) in [6.07, 6.45) is 2.14. The summed E-state index contributed by atoms with van der Waals surface area (Å²) in [6.45, 7) is 1.62. The maximum absolute atomic E-state index is 12.9. The van der Waals surface area contributed by atoms with Gasteiger partial charge in [-0.1, -0.05) is 0 Å². The van der Waals surface area contributed by atoms with E-state index >= 15 is 0 Å². The zero-order valence-electron chi connectivity index (χ0n) is 12.1. The Balaban J connectivity index is 1.79. The zero-order valence-corrected chi connectivity index (χ0v) is 12.1. The SMILES string of the molecule is CC(C(=O)Nc1ccc(F)cc1)n1nc(C2CC2)ccc1=O. The fourth-order valence-corrected chi connectivity index (χ4v) is 2.21. The van der Waals surface area contributed by atoms with Crippen molar-refractivity contribution in [3.63, 3.8) is 0 Å². The molecule has 0 bridgehead atoms. The van der Waals surface area contributed by atoms with Crippen LogP contribution in [0.15, 0.2) is 41.2 Å². The number of carbonyl (C=O) groups is 1. The molecule has 0 aliphatic heterocycles. The molecule has 1 aromatic heterocycles. The largest absolute Gasteiger partial charge is 0.324 e. The minimum absolute atomic E-state index is 0.314. The van der Waals surface area contributed by atoms with Crippen LogP contribution in [-0.4, -0.2) is 15.7 Å². The molecule has 114 valence electrons. The monoisotopic (exact) mass is 301 g/mol. The van der Waals surface area contributed by atoms with Crippen molar-refractivity contribution >= 4 is 11.6 Å². The van der Waals surface area contributed by atoms with Crippen molar-refractivity contribution in [1.82, 2.24) is 9.78 Å². The molecule has 1 atom stereocenters. The van der Waals surface area contributed by atoms with Crippen molar-refractivity contribution in [2.45, 2.75) is 31.7 Å². The summed E-state index contributed by atoms with van der Waals surface area (Å²) in [5.41, 5.74) is 1.01. The van der Waals surface area contributed by atoms with Gasteiger partial charge in [0.25, 0.3) is 5.56 Å². The molecule has 1 saturated carbocycles. The van der Waals surface area contributed by atoms with Crippen LogP contribution >= 0.6 is 0 Å². The van der Waals surface area contributed by atoms with Crippen LogP contribution in [0.5, 0.6) is 0 Å². The first kappa shape index (κ1) is 14.4. The molecule has 6 heteroatoms. The van der Waals surface area contributed by atoms with Crippen molar-refractivity contribution in [1.29, 1.82) is 0 Å². The van der Waals surface area contributed by atoms with Crippen LogP contribution in [0.25, 0.3) is 0 Å². The molecule has 1 amide bonds. The molecule has 0 spiro atoms. The predicted molar refractivity (Wildman–Crippen MR) is 80.2 cm³/mol. The van der Waals surface area contributed by atoms with Crippen LogP contribution in [0.4, 0.5) is 10.1 Å². The average molecular weight is 301 g/mol. The van der Waals surface area contributed by atoms with E-state index in [4.69, 9.17) is 0 Å². The Kier molecular flexibility index (Phi) is 3.75. The Bertz CT molecular complexity index is 751. The standard InChI is InChI=1S/C16H16FN3O2/c1-10(16(22)18-13-6-4-12(17)5-7-13)20-15(21)9-8-14(19-20)11-2-3-11/h4-11H,2-3H2,1H3,(H,18,22). The van der Waals surface area contributed by atoms with E-state index in [0.29, 0.717) is 11.6 Å². The predicted octanol–water partition coefficient (Wildman–Crippen LogP) is 2.46. The summed E-state index contributed by atoms with van der Waals surface area (Å²) in [5.74, 6) is -0.338. The number of benzene rings is 1. The smallest absolute Gasteiger partial charge is 0.267 e. The van der Waals surface area contributed by atoms with Crippen molar-refractivity contribution in [2.75, 3.05) is 5.32 Å². The first-order valence-corrected chi connectivity index (χ1v) is 7.21. The van der Waals surface area contributed by atoms with E-state index in [1.165, 1.54) is 35.0 Å². The third-order valence-electron chi connectivity index (χ3n) is 3.70. The van der Waals surface area contributed by atoms with Gasteiger partial charge in [0.05, 0.1) is 5.69 Å². The van der Waals surface area contributed by atoms with E-state index < -0.39 is 6.04 Å². The van der Waals surface area contributed by atoms with E-state index in [-0.39, 0.29) is 17.3 Å². The molecule has 1 aliphatic carbocycles. The molecule has 3 rings (SSSR count). The number of anilines is 1. The second-order valence-electron chi connectivity index (χ2n) is 5.49. The molecule has 1 aromatic carbocycles. The van der Waals surface area contributed by atoms with E-state index in [9.17, 15) is 14.0 Å². The Morgan fingerprint density at radius 2 is 1.95 bits per heavy atom. The van der Waals surface area contributed by atoms with Crippen molar-refractivity contribution in [3.8, 4) is 0 Å². The minimum atomic E-state index is -0.740. The van der Waals surface area contributed by atoms with Gasteiger partial charge in [0.2, 0.25) is 5.91 Å². The van der Waals surface area contributed by atoms with E-state index in [0.717, 1.165) is 18.5 Å². The normalized spacial score (nSPS) is 15.4. The molecule has 0 radical (unpaired) electrons. The molecule has 0 saturated heterocycles. The lowest BCUT2D eigenvalue weighted by molar-refractivity contribution is -0.119. The molecular weight excluding hydrogens is 285 g/mol. The molecule has 1 aliphatic rings. The lowest BCUT2D eigenvalue weighted by Gasteiger charge is -2.15. The number of nitrogens with one attached hydrogen (secondary N) is 1. The molecule has 5 nitrogen and oxygen atoms in total. The first-order chi connectivity index (χ1) is 10.5. The van der Waals surface area contributed by atoms with Crippen LogP contribution < -0.4 is 10.9 Å². The van der Waals surface area contributed by atoms with Gasteiger partial charge in [0.15, 0.2) is 0 Å². The van der Waals surface area contributed by atoms with Crippen LogP contribution in [0.2, 0.25) is 0 Å². The average Bonchev–Trinajstić information content (AvgIpc) is 3.34. The van der Waals surface area contributed by atoms with Crippen LogP contribution in [0.3, 0.4) is 0 Å². The highest BCUT2D eigenvalue weighted by Crippen LogP contribution is 2.38. The van der Waals surface area contributed by atoms with Gasteiger partial charge in [-0.05, 0) is 50.1 Å². The maximum Gasteiger partial charge on any atom is 0.267 e. The van der Waals surface area contributed by atoms with Crippen molar-refractivity contribution < 1.29 is 9.18 Å². The van der Waals surface area contributed by atoms with Gasteiger partial charge in [-0.25, -0.2) is 9.07 Å². The van der Waals surface area contributed by atoms with Gasteiger partial charge in [0.1, 0.15) is 11.9 Å². The zero-order chi connectivity index (χ0) is 15.7. The van der Waals surface area contributed by atoms with Crippen molar-refractivity contribution in [2.24, 2.45) is 0 Å². The molecule has 22 heavy (non-hydrogen) atoms. The van der Waals surface area contributed by atoms with Gasteiger partial charge in [-0.15, -0.1) is 0 Å². The van der Waals surface area contributed by atoms with E-state index in [2.05, 4.69) is 10.4 Å². The summed E-state index contributed by atoms with van der Waals surface area (Å²) in [5, 5.41) is 6.95. The Hall–Kier alpha value is -2.50. The van der Waals surface area contributed by atoms with E-state index in [1.807, 2.05) is 0 Å². The lowest BCUT2D eigenvalue weighted by Crippen LogP contribution is -2.33. The van der Waals surface area contributed by atoms with Gasteiger partial charge < -0.3 is 5.32 Å². The Morgan fingerprint density at radius 1 is 1.27 bits per heavy atom. The summed E-state index contributed by atoms with van der Waals surface area (Å²) in [7, 11) is 0. The van der Waals surface area contributed by atoms with Crippen LogP contribution in [0, 0.1) is 5.82 Å². The number of amides is 1. The number of carbonyl (C=O) groups excluding carboxylic acids is 1. The third-order valence-corrected chi connectivity index (χ3v) is 3.70. The number of rotatable bonds is 4. The summed E-state index contributed by atoms with van der Waals surface area (Å²) < 4.78 is 14.1. The highest BCUT2D eigenvalue weighted by Gasteiger charge is 2.27. The van der Waals surface area contributed by atoms with Gasteiger partial charge in [-0.2, -0.15) is 5.10 Å². The lowest BCUT2D eigenvalue weighted by atomic mass is 10.2.